The lowest BCUT2D eigenvalue weighted by molar-refractivity contribution is -0.106. The number of ether oxygens (including phenoxy) is 1. The summed E-state index contributed by atoms with van der Waals surface area (Å²) in [4.78, 5) is 31.3. The second-order valence-electron chi connectivity index (χ2n) is 8.91. The van der Waals surface area contributed by atoms with E-state index in [9.17, 15) is 9.90 Å². The minimum atomic E-state index is -1.19. The summed E-state index contributed by atoms with van der Waals surface area (Å²) in [5.74, 6) is 1.59. The lowest BCUT2D eigenvalue weighted by Gasteiger charge is -2.21. The molecule has 0 aliphatic rings. The van der Waals surface area contributed by atoms with Crippen LogP contribution >= 0.6 is 15.9 Å². The Hall–Kier alpha value is -3.37. The van der Waals surface area contributed by atoms with E-state index in [1.54, 1.807) is 40.8 Å². The molecular formula is C26H30BrN5O4. The zero-order chi connectivity index (χ0) is 26.6. The van der Waals surface area contributed by atoms with E-state index in [0.29, 0.717) is 51.4 Å². The third-order valence-electron chi connectivity index (χ3n) is 5.30. The van der Waals surface area contributed by atoms with Gasteiger partial charge in [0.15, 0.2) is 11.7 Å². The van der Waals surface area contributed by atoms with Gasteiger partial charge in [-0.05, 0) is 58.7 Å². The van der Waals surface area contributed by atoms with E-state index in [4.69, 9.17) is 9.15 Å². The van der Waals surface area contributed by atoms with Crippen molar-refractivity contribution in [2.45, 2.75) is 60.7 Å². The molecule has 0 radical (unpaired) electrons. The Kier molecular flexibility index (Phi) is 8.42. The first-order chi connectivity index (χ1) is 16.9. The summed E-state index contributed by atoms with van der Waals surface area (Å²) in [6.45, 7) is 12.5. The number of carbonyl (C=O) groups excluding carboxylic acids is 1. The monoisotopic (exact) mass is 555 g/mol. The van der Waals surface area contributed by atoms with Crippen LogP contribution in [-0.4, -0.2) is 32.3 Å². The number of aromatic nitrogens is 3. The van der Waals surface area contributed by atoms with Gasteiger partial charge in [-0.15, -0.1) is 0 Å². The highest BCUT2D eigenvalue weighted by atomic mass is 79.9. The predicted octanol–water partition coefficient (Wildman–Crippen LogP) is 5.47. The van der Waals surface area contributed by atoms with Crippen LogP contribution in [0, 0.1) is 20.8 Å². The van der Waals surface area contributed by atoms with Gasteiger partial charge in [0.05, 0.1) is 15.9 Å². The maximum Gasteiger partial charge on any atom is 0.225 e. The number of allylic oxidation sites excluding steroid dienone is 1. The second-order valence-corrected chi connectivity index (χ2v) is 10.1. The fourth-order valence-corrected chi connectivity index (χ4v) is 3.58. The number of carbonyl (C=O) groups is 1. The maximum atomic E-state index is 12.2. The van der Waals surface area contributed by atoms with E-state index >= 15 is 0 Å². The minimum Gasteiger partial charge on any atom is -0.470 e. The zero-order valence-corrected chi connectivity index (χ0v) is 23.0. The molecule has 3 aromatic rings. The van der Waals surface area contributed by atoms with Gasteiger partial charge in [-0.2, -0.15) is 4.99 Å². The summed E-state index contributed by atoms with van der Waals surface area (Å²) in [6.07, 6.45) is 3.92. The zero-order valence-electron chi connectivity index (χ0n) is 21.5. The van der Waals surface area contributed by atoms with Gasteiger partial charge in [0.25, 0.3) is 0 Å². The van der Waals surface area contributed by atoms with Crippen LogP contribution in [0.2, 0.25) is 0 Å². The average molecular weight is 556 g/mol. The van der Waals surface area contributed by atoms with E-state index < -0.39 is 5.60 Å². The van der Waals surface area contributed by atoms with Crippen LogP contribution in [0.3, 0.4) is 0 Å². The van der Waals surface area contributed by atoms with Crippen molar-refractivity contribution in [1.82, 2.24) is 15.0 Å². The van der Waals surface area contributed by atoms with E-state index in [1.165, 1.54) is 11.2 Å². The molecule has 0 saturated heterocycles. The molecule has 0 atom stereocenters. The molecule has 36 heavy (non-hydrogen) atoms. The third kappa shape index (κ3) is 6.44. The molecule has 0 aliphatic heterocycles. The quantitative estimate of drug-likeness (QED) is 0.170. The molecule has 10 heteroatoms. The predicted molar refractivity (Wildman–Crippen MR) is 141 cm³/mol. The number of aryl methyl sites for hydroxylation is 3. The number of amidine groups is 1. The number of benzene rings is 1. The maximum absolute atomic E-state index is 12.2. The van der Waals surface area contributed by atoms with Crippen molar-refractivity contribution in [3.63, 3.8) is 0 Å². The van der Waals surface area contributed by atoms with Crippen molar-refractivity contribution >= 4 is 33.9 Å². The van der Waals surface area contributed by atoms with Crippen LogP contribution in [-0.2, 0) is 21.7 Å². The van der Waals surface area contributed by atoms with Crippen molar-refractivity contribution < 1.29 is 19.1 Å². The number of aliphatic hydroxyl groups is 1. The number of amides is 1. The Morgan fingerprint density at radius 1 is 1.22 bits per heavy atom. The molecule has 190 valence electrons. The van der Waals surface area contributed by atoms with Crippen LogP contribution in [0.4, 0.5) is 5.69 Å². The van der Waals surface area contributed by atoms with Gasteiger partial charge < -0.3 is 14.3 Å². The molecule has 0 aliphatic carbocycles. The highest BCUT2D eigenvalue weighted by molar-refractivity contribution is 9.11. The standard InChI is InChI=1S/C26H30BrN5O4/c1-15-8-9-20(23-16(2)11-28-25(31-23)26(6,7)34)10-22(15)32(14-33)18(4)29-24(17(3)27)36-13-21-12-35-19(5)30-21/h8-12,14,34H,13H2,1-7H3/b24-17-,29-18-. The van der Waals surface area contributed by atoms with E-state index in [-0.39, 0.29) is 6.61 Å². The fourth-order valence-electron chi connectivity index (χ4n) is 3.38. The van der Waals surface area contributed by atoms with E-state index in [2.05, 4.69) is 35.9 Å². The third-order valence-corrected chi connectivity index (χ3v) is 5.64. The number of hydrogen-bond acceptors (Lipinski definition) is 8. The topological polar surface area (TPSA) is 114 Å². The summed E-state index contributed by atoms with van der Waals surface area (Å²) >= 11 is 3.42. The molecule has 1 amide bonds. The molecule has 1 N–H and O–H groups in total. The van der Waals surface area contributed by atoms with Crippen molar-refractivity contribution in [2.75, 3.05) is 4.90 Å². The first-order valence-corrected chi connectivity index (χ1v) is 12.1. The van der Waals surface area contributed by atoms with E-state index in [0.717, 1.165) is 16.7 Å². The summed E-state index contributed by atoms with van der Waals surface area (Å²) in [5.41, 5.74) is 3.26. The largest absolute Gasteiger partial charge is 0.470 e. The van der Waals surface area contributed by atoms with Crippen molar-refractivity contribution in [3.8, 4) is 11.3 Å². The van der Waals surface area contributed by atoms with E-state index in [1.807, 2.05) is 32.0 Å². The molecular weight excluding hydrogens is 526 g/mol. The molecule has 0 bridgehead atoms. The van der Waals surface area contributed by atoms with Gasteiger partial charge >= 0.3 is 0 Å². The van der Waals surface area contributed by atoms with Crippen LogP contribution in [0.5, 0.6) is 0 Å². The van der Waals surface area contributed by atoms with Gasteiger partial charge in [-0.25, -0.2) is 15.0 Å². The Labute approximate surface area is 219 Å². The Morgan fingerprint density at radius 3 is 2.53 bits per heavy atom. The molecule has 2 aromatic heterocycles. The highest BCUT2D eigenvalue weighted by Crippen LogP contribution is 2.30. The Balaban J connectivity index is 1.97. The van der Waals surface area contributed by atoms with Crippen LogP contribution < -0.4 is 4.90 Å². The Morgan fingerprint density at radius 2 is 1.94 bits per heavy atom. The van der Waals surface area contributed by atoms with Crippen molar-refractivity contribution in [2.24, 2.45) is 4.99 Å². The summed E-state index contributed by atoms with van der Waals surface area (Å²) in [5, 5.41) is 10.4. The van der Waals surface area contributed by atoms with Crippen LogP contribution in [0.1, 0.15) is 56.2 Å². The van der Waals surface area contributed by atoms with Crippen molar-refractivity contribution in [3.05, 3.63) is 69.6 Å². The lowest BCUT2D eigenvalue weighted by atomic mass is 10.0. The van der Waals surface area contributed by atoms with Gasteiger partial charge in [-0.1, -0.05) is 28.1 Å². The van der Waals surface area contributed by atoms with Gasteiger partial charge in [0.1, 0.15) is 30.0 Å². The molecule has 0 saturated carbocycles. The van der Waals surface area contributed by atoms with Gasteiger partial charge in [0.2, 0.25) is 12.3 Å². The second kappa shape index (κ2) is 11.1. The number of rotatable bonds is 8. The minimum absolute atomic E-state index is 0.165. The molecule has 0 spiro atoms. The van der Waals surface area contributed by atoms with Crippen LogP contribution in [0.15, 0.2) is 50.4 Å². The lowest BCUT2D eigenvalue weighted by Crippen LogP contribution is -2.28. The first kappa shape index (κ1) is 27.2. The summed E-state index contributed by atoms with van der Waals surface area (Å²) in [6, 6.07) is 5.71. The smallest absolute Gasteiger partial charge is 0.225 e. The molecule has 1 aromatic carbocycles. The SMILES string of the molecule is C/C(=N/C(OCc1coc(C)n1)=C(\C)Br)N(C=O)c1cc(-c2nc(C(C)(C)O)ncc2C)ccc1C. The molecule has 0 unspecified atom stereocenters. The Bertz CT molecular complexity index is 1320. The van der Waals surface area contributed by atoms with Gasteiger partial charge in [-0.3, -0.25) is 9.69 Å². The van der Waals surface area contributed by atoms with Gasteiger partial charge in [0, 0.05) is 18.7 Å². The fraction of sp³-hybridized carbons (Fsp3) is 0.346. The first-order valence-electron chi connectivity index (χ1n) is 11.3. The number of oxazole rings is 1. The number of anilines is 1. The molecule has 2 heterocycles. The highest BCUT2D eigenvalue weighted by Gasteiger charge is 2.22. The average Bonchev–Trinajstić information content (AvgIpc) is 3.22. The molecule has 0 fully saturated rings. The number of halogens is 1. The number of nitrogens with zero attached hydrogens (tertiary/aromatic N) is 5. The summed E-state index contributed by atoms with van der Waals surface area (Å²) < 4.78 is 11.7. The van der Waals surface area contributed by atoms with Crippen molar-refractivity contribution in [1.29, 1.82) is 0 Å². The summed E-state index contributed by atoms with van der Waals surface area (Å²) in [7, 11) is 0. The normalized spacial score (nSPS) is 12.9. The molecule has 9 nitrogen and oxygen atoms in total. The molecule has 3 rings (SSSR count). The van der Waals surface area contributed by atoms with Crippen LogP contribution in [0.25, 0.3) is 11.3 Å². The number of aliphatic imine (C=N–C) groups is 1. The number of hydrogen-bond donors (Lipinski definition) is 1.